The number of nitrogens with two attached hydrogens (primary N) is 1. The molecule has 0 aliphatic rings. The molecule has 0 aliphatic carbocycles. The molecule has 15 heavy (non-hydrogen) atoms. The van der Waals surface area contributed by atoms with Gasteiger partial charge in [0.2, 0.25) is 0 Å². The van der Waals surface area contributed by atoms with E-state index in [0.717, 1.165) is 10.0 Å². The molecule has 0 radical (unpaired) electrons. The van der Waals surface area contributed by atoms with E-state index < -0.39 is 5.91 Å². The number of halogens is 1. The molecule has 1 rings (SSSR count). The van der Waals surface area contributed by atoms with Gasteiger partial charge in [0, 0.05) is 0 Å². The number of hydrogen-bond acceptors (Lipinski definition) is 2. The summed E-state index contributed by atoms with van der Waals surface area (Å²) in [7, 11) is 1.52. The van der Waals surface area contributed by atoms with Crippen LogP contribution in [-0.2, 0) is 0 Å². The molecule has 1 amide bonds. The van der Waals surface area contributed by atoms with Crippen molar-refractivity contribution in [2.75, 3.05) is 7.11 Å². The third-order valence-corrected chi connectivity index (χ3v) is 2.79. The minimum Gasteiger partial charge on any atom is -0.495 e. The van der Waals surface area contributed by atoms with E-state index in [4.69, 9.17) is 10.5 Å². The lowest BCUT2D eigenvalue weighted by atomic mass is 10.00. The van der Waals surface area contributed by atoms with Gasteiger partial charge < -0.3 is 10.5 Å². The zero-order chi connectivity index (χ0) is 11.6. The third kappa shape index (κ3) is 2.50. The normalized spacial score (nSPS) is 10.5. The molecule has 4 heteroatoms. The maximum Gasteiger partial charge on any atom is 0.252 e. The number of hydrogen-bond donors (Lipinski definition) is 1. The maximum atomic E-state index is 11.2. The fourth-order valence-corrected chi connectivity index (χ4v) is 1.98. The van der Waals surface area contributed by atoms with Crippen molar-refractivity contribution in [3.63, 3.8) is 0 Å². The molecule has 82 valence electrons. The fourth-order valence-electron chi connectivity index (χ4n) is 1.34. The van der Waals surface area contributed by atoms with Crippen LogP contribution in [0.5, 0.6) is 5.75 Å². The number of ether oxygens (including phenoxy) is 1. The van der Waals surface area contributed by atoms with Crippen molar-refractivity contribution >= 4 is 21.8 Å². The number of rotatable bonds is 3. The first-order valence-corrected chi connectivity index (χ1v) is 5.44. The van der Waals surface area contributed by atoms with Crippen molar-refractivity contribution in [1.82, 2.24) is 0 Å². The molecule has 0 atom stereocenters. The van der Waals surface area contributed by atoms with E-state index in [9.17, 15) is 4.79 Å². The van der Waals surface area contributed by atoms with Gasteiger partial charge in [-0.1, -0.05) is 13.8 Å². The Balaban J connectivity index is 3.38. The summed E-state index contributed by atoms with van der Waals surface area (Å²) < 4.78 is 5.88. The lowest BCUT2D eigenvalue weighted by Crippen LogP contribution is -2.13. The summed E-state index contributed by atoms with van der Waals surface area (Å²) in [5.74, 6) is 0.354. The van der Waals surface area contributed by atoms with Crippen LogP contribution >= 0.6 is 15.9 Å². The van der Waals surface area contributed by atoms with Crippen LogP contribution in [0.25, 0.3) is 0 Å². The quantitative estimate of drug-likeness (QED) is 0.919. The SMILES string of the molecule is COc1c(Br)cc(C(C)C)cc1C(N)=O. The predicted octanol–water partition coefficient (Wildman–Crippen LogP) is 2.68. The Hall–Kier alpha value is -1.03. The lowest BCUT2D eigenvalue weighted by molar-refractivity contribution is 0.0997. The molecule has 3 nitrogen and oxygen atoms in total. The van der Waals surface area contributed by atoms with Crippen LogP contribution in [0, 0.1) is 0 Å². The van der Waals surface area contributed by atoms with Gasteiger partial charge in [0.25, 0.3) is 5.91 Å². The van der Waals surface area contributed by atoms with Crippen molar-refractivity contribution in [1.29, 1.82) is 0 Å². The molecule has 0 fully saturated rings. The summed E-state index contributed by atoms with van der Waals surface area (Å²) in [6.07, 6.45) is 0. The third-order valence-electron chi connectivity index (χ3n) is 2.20. The number of carbonyl (C=O) groups is 1. The van der Waals surface area contributed by atoms with Crippen molar-refractivity contribution in [2.45, 2.75) is 19.8 Å². The molecule has 2 N–H and O–H groups in total. The van der Waals surface area contributed by atoms with Crippen LogP contribution < -0.4 is 10.5 Å². The average Bonchev–Trinajstić information content (AvgIpc) is 2.16. The Kier molecular flexibility index (Phi) is 3.74. The molecule has 0 bridgehead atoms. The van der Waals surface area contributed by atoms with Gasteiger partial charge in [-0.2, -0.15) is 0 Å². The van der Waals surface area contributed by atoms with Gasteiger partial charge in [-0.25, -0.2) is 0 Å². The second kappa shape index (κ2) is 4.66. The molecule has 0 unspecified atom stereocenters. The molecular formula is C11H14BrNO2. The van der Waals surface area contributed by atoms with Crippen LogP contribution in [0.1, 0.15) is 35.7 Å². The molecule has 0 heterocycles. The first kappa shape index (κ1) is 12.0. The van der Waals surface area contributed by atoms with Crippen molar-refractivity contribution in [3.05, 3.63) is 27.7 Å². The van der Waals surface area contributed by atoms with Crippen molar-refractivity contribution in [2.24, 2.45) is 5.73 Å². The topological polar surface area (TPSA) is 52.3 Å². The highest BCUT2D eigenvalue weighted by Crippen LogP contribution is 2.32. The van der Waals surface area contributed by atoms with Crippen LogP contribution in [0.3, 0.4) is 0 Å². The lowest BCUT2D eigenvalue weighted by Gasteiger charge is -2.12. The first-order valence-electron chi connectivity index (χ1n) is 4.64. The van der Waals surface area contributed by atoms with Gasteiger partial charge >= 0.3 is 0 Å². The van der Waals surface area contributed by atoms with E-state index in [-0.39, 0.29) is 0 Å². The standard InChI is InChI=1S/C11H14BrNO2/c1-6(2)7-4-8(11(13)14)10(15-3)9(12)5-7/h4-6H,1-3H3,(H2,13,14). The average molecular weight is 272 g/mol. The monoisotopic (exact) mass is 271 g/mol. The Morgan fingerprint density at radius 2 is 2.07 bits per heavy atom. The summed E-state index contributed by atoms with van der Waals surface area (Å²) in [5, 5.41) is 0. The highest BCUT2D eigenvalue weighted by molar-refractivity contribution is 9.10. The number of carbonyl (C=O) groups excluding carboxylic acids is 1. The van der Waals surface area contributed by atoms with Gasteiger partial charge in [0.15, 0.2) is 0 Å². The Morgan fingerprint density at radius 1 is 1.47 bits per heavy atom. The van der Waals surface area contributed by atoms with Gasteiger partial charge in [0.1, 0.15) is 5.75 Å². The second-order valence-corrected chi connectivity index (χ2v) is 4.46. The number of amides is 1. The molecule has 1 aromatic rings. The highest BCUT2D eigenvalue weighted by Gasteiger charge is 2.15. The molecule has 0 aliphatic heterocycles. The molecular weight excluding hydrogens is 258 g/mol. The maximum absolute atomic E-state index is 11.2. The summed E-state index contributed by atoms with van der Waals surface area (Å²) in [5.41, 5.74) is 6.75. The Labute approximate surface area is 97.7 Å². The van der Waals surface area contributed by atoms with Crippen LogP contribution in [-0.4, -0.2) is 13.0 Å². The Morgan fingerprint density at radius 3 is 2.47 bits per heavy atom. The zero-order valence-corrected chi connectivity index (χ0v) is 10.6. The van der Waals surface area contributed by atoms with E-state index in [0.29, 0.717) is 17.2 Å². The molecule has 0 saturated heterocycles. The van der Waals surface area contributed by atoms with Gasteiger partial charge in [-0.3, -0.25) is 4.79 Å². The van der Waals surface area contributed by atoms with E-state index in [1.54, 1.807) is 6.07 Å². The highest BCUT2D eigenvalue weighted by atomic mass is 79.9. The fraction of sp³-hybridized carbons (Fsp3) is 0.364. The smallest absolute Gasteiger partial charge is 0.252 e. The summed E-state index contributed by atoms with van der Waals surface area (Å²) in [6, 6.07) is 3.71. The van der Waals surface area contributed by atoms with E-state index in [1.165, 1.54) is 7.11 Å². The van der Waals surface area contributed by atoms with E-state index in [1.807, 2.05) is 6.07 Å². The van der Waals surface area contributed by atoms with Crippen LogP contribution in [0.15, 0.2) is 16.6 Å². The van der Waals surface area contributed by atoms with Crippen molar-refractivity contribution in [3.8, 4) is 5.75 Å². The van der Waals surface area contributed by atoms with Gasteiger partial charge in [-0.05, 0) is 39.5 Å². The predicted molar refractivity (Wildman–Crippen MR) is 63.3 cm³/mol. The van der Waals surface area contributed by atoms with Gasteiger partial charge in [-0.15, -0.1) is 0 Å². The largest absolute Gasteiger partial charge is 0.495 e. The molecule has 1 aromatic carbocycles. The summed E-state index contributed by atoms with van der Waals surface area (Å²) >= 11 is 3.36. The van der Waals surface area contributed by atoms with Crippen LogP contribution in [0.2, 0.25) is 0 Å². The number of benzene rings is 1. The number of primary amides is 1. The molecule has 0 saturated carbocycles. The minimum absolute atomic E-state index is 0.338. The second-order valence-electron chi connectivity index (χ2n) is 3.60. The minimum atomic E-state index is -0.477. The molecule has 0 aromatic heterocycles. The number of methoxy groups -OCH3 is 1. The summed E-state index contributed by atoms with van der Waals surface area (Å²) in [6.45, 7) is 4.11. The molecule has 0 spiro atoms. The zero-order valence-electron chi connectivity index (χ0n) is 9.00. The summed E-state index contributed by atoms with van der Waals surface area (Å²) in [4.78, 5) is 11.2. The van der Waals surface area contributed by atoms with Crippen LogP contribution in [0.4, 0.5) is 0 Å². The Bertz CT molecular complexity index is 388. The van der Waals surface area contributed by atoms with E-state index >= 15 is 0 Å². The van der Waals surface area contributed by atoms with Crippen molar-refractivity contribution < 1.29 is 9.53 Å². The first-order chi connectivity index (χ1) is 6.97. The van der Waals surface area contributed by atoms with E-state index in [2.05, 4.69) is 29.8 Å². The van der Waals surface area contributed by atoms with Gasteiger partial charge in [0.05, 0.1) is 17.1 Å².